The van der Waals surface area contributed by atoms with Gasteiger partial charge in [0.2, 0.25) is 0 Å². The molecular weight excluding hydrogens is 520 g/mol. The van der Waals surface area contributed by atoms with E-state index in [4.69, 9.17) is 0 Å². The molecular formula is C23H27FIN7. The molecule has 0 saturated carbocycles. The van der Waals surface area contributed by atoms with Crippen molar-refractivity contribution >= 4 is 40.8 Å². The molecule has 3 heterocycles. The fourth-order valence-corrected chi connectivity index (χ4v) is 3.59. The van der Waals surface area contributed by atoms with Crippen LogP contribution in [0.1, 0.15) is 22.5 Å². The van der Waals surface area contributed by atoms with Gasteiger partial charge in [0.1, 0.15) is 5.82 Å². The molecule has 0 spiro atoms. The van der Waals surface area contributed by atoms with E-state index in [1.165, 1.54) is 12.1 Å². The number of benzene rings is 1. The molecule has 0 saturated heterocycles. The van der Waals surface area contributed by atoms with E-state index in [1.54, 1.807) is 7.05 Å². The number of guanidine groups is 1. The first-order valence-electron chi connectivity index (χ1n) is 10.2. The molecule has 7 nitrogen and oxygen atoms in total. The van der Waals surface area contributed by atoms with Gasteiger partial charge in [0.25, 0.3) is 0 Å². The van der Waals surface area contributed by atoms with Crippen LogP contribution in [0.25, 0.3) is 16.7 Å². The summed E-state index contributed by atoms with van der Waals surface area (Å²) < 4.78 is 15.2. The van der Waals surface area contributed by atoms with Crippen molar-refractivity contribution in [2.45, 2.75) is 26.8 Å². The average molecular weight is 547 g/mol. The third kappa shape index (κ3) is 5.45. The number of nitrogens with zero attached hydrogens (tertiary/aromatic N) is 4. The number of hydrogen-bond acceptors (Lipinski definition) is 3. The summed E-state index contributed by atoms with van der Waals surface area (Å²) in [6.45, 7) is 5.30. The number of nitrogens with one attached hydrogen (secondary N) is 3. The number of pyridine rings is 1. The second kappa shape index (κ2) is 10.6. The topological polar surface area (TPSA) is 82.9 Å². The van der Waals surface area contributed by atoms with Crippen molar-refractivity contribution in [2.75, 3.05) is 13.6 Å². The number of halogens is 2. The number of H-pyrrole nitrogens is 1. The second-order valence-corrected chi connectivity index (χ2v) is 7.47. The number of aromatic nitrogens is 4. The van der Waals surface area contributed by atoms with Crippen LogP contribution in [-0.4, -0.2) is 39.3 Å². The Morgan fingerprint density at radius 3 is 2.69 bits per heavy atom. The smallest absolute Gasteiger partial charge is 0.191 e. The fourth-order valence-electron chi connectivity index (χ4n) is 3.59. The summed E-state index contributed by atoms with van der Waals surface area (Å²) in [5, 5.41) is 12.1. The van der Waals surface area contributed by atoms with E-state index in [0.29, 0.717) is 19.0 Å². The molecule has 0 fully saturated rings. The summed E-state index contributed by atoms with van der Waals surface area (Å²) in [4.78, 5) is 11.9. The van der Waals surface area contributed by atoms with Crippen molar-refractivity contribution in [1.82, 2.24) is 30.4 Å². The lowest BCUT2D eigenvalue weighted by Crippen LogP contribution is -2.37. The highest BCUT2D eigenvalue weighted by Gasteiger charge is 2.07. The lowest BCUT2D eigenvalue weighted by Gasteiger charge is -2.12. The van der Waals surface area contributed by atoms with E-state index in [2.05, 4.69) is 30.7 Å². The zero-order valence-electron chi connectivity index (χ0n) is 18.3. The van der Waals surface area contributed by atoms with E-state index in [1.807, 2.05) is 55.2 Å². The minimum Gasteiger partial charge on any atom is -0.361 e. The molecule has 0 aliphatic carbocycles. The molecule has 0 radical (unpaired) electrons. The van der Waals surface area contributed by atoms with Gasteiger partial charge in [-0.25, -0.2) is 14.1 Å². The van der Waals surface area contributed by atoms with Gasteiger partial charge in [-0.15, -0.1) is 24.0 Å². The molecule has 3 N–H and O–H groups in total. The maximum absolute atomic E-state index is 13.3. The Labute approximate surface area is 203 Å². The molecule has 0 unspecified atom stereocenters. The largest absolute Gasteiger partial charge is 0.361 e. The predicted molar refractivity (Wildman–Crippen MR) is 136 cm³/mol. The lowest BCUT2D eigenvalue weighted by atomic mass is 10.1. The van der Waals surface area contributed by atoms with Gasteiger partial charge in [-0.05, 0) is 61.7 Å². The van der Waals surface area contributed by atoms with E-state index < -0.39 is 0 Å². The van der Waals surface area contributed by atoms with Crippen LogP contribution in [-0.2, 0) is 13.0 Å². The summed E-state index contributed by atoms with van der Waals surface area (Å²) in [5.41, 5.74) is 5.03. The number of rotatable bonds is 6. The molecule has 3 aromatic heterocycles. The van der Waals surface area contributed by atoms with Crippen LogP contribution in [0.4, 0.5) is 4.39 Å². The van der Waals surface area contributed by atoms with E-state index in [9.17, 15) is 4.39 Å². The lowest BCUT2D eigenvalue weighted by molar-refractivity contribution is 0.629. The van der Waals surface area contributed by atoms with E-state index in [0.717, 1.165) is 45.7 Å². The first-order chi connectivity index (χ1) is 15.0. The number of aliphatic imine (C=N–C) groups is 1. The first kappa shape index (κ1) is 23.7. The number of hydrogen-bond donors (Lipinski definition) is 3. The van der Waals surface area contributed by atoms with Crippen LogP contribution in [0.5, 0.6) is 0 Å². The molecule has 32 heavy (non-hydrogen) atoms. The van der Waals surface area contributed by atoms with Crippen molar-refractivity contribution in [1.29, 1.82) is 0 Å². The summed E-state index contributed by atoms with van der Waals surface area (Å²) in [6, 6.07) is 10.8. The summed E-state index contributed by atoms with van der Waals surface area (Å²) in [5.74, 6) is 1.28. The highest BCUT2D eigenvalue weighted by atomic mass is 127. The van der Waals surface area contributed by atoms with Gasteiger partial charge in [0.05, 0.1) is 5.69 Å². The van der Waals surface area contributed by atoms with Crippen molar-refractivity contribution in [3.8, 4) is 5.82 Å². The molecule has 0 amide bonds. The van der Waals surface area contributed by atoms with Gasteiger partial charge in [-0.3, -0.25) is 4.99 Å². The van der Waals surface area contributed by atoms with Crippen molar-refractivity contribution < 1.29 is 4.39 Å². The molecule has 9 heteroatoms. The molecule has 1 aromatic carbocycles. The van der Waals surface area contributed by atoms with Crippen LogP contribution in [0.2, 0.25) is 0 Å². The molecule has 0 bridgehead atoms. The van der Waals surface area contributed by atoms with Gasteiger partial charge in [-0.2, -0.15) is 5.10 Å². The van der Waals surface area contributed by atoms with Crippen molar-refractivity contribution in [3.63, 3.8) is 0 Å². The highest BCUT2D eigenvalue weighted by molar-refractivity contribution is 14.0. The van der Waals surface area contributed by atoms with Gasteiger partial charge < -0.3 is 15.6 Å². The first-order valence-corrected chi connectivity index (χ1v) is 10.2. The molecule has 0 aliphatic heterocycles. The minimum absolute atomic E-state index is 0. The zero-order valence-corrected chi connectivity index (χ0v) is 20.6. The Kier molecular flexibility index (Phi) is 7.84. The van der Waals surface area contributed by atoms with E-state index >= 15 is 0 Å². The Bertz CT molecular complexity index is 1210. The van der Waals surface area contributed by atoms with Crippen LogP contribution >= 0.6 is 24.0 Å². The number of fused-ring (bicyclic) bond motifs is 1. The molecule has 168 valence electrons. The van der Waals surface area contributed by atoms with E-state index in [-0.39, 0.29) is 29.8 Å². The summed E-state index contributed by atoms with van der Waals surface area (Å²) in [7, 11) is 1.74. The SMILES string of the molecule is CN=C(NCCc1c[nH]c2cc(F)ccc12)NCc1ccc(-n2nc(C)cc2C)nc1.I. The third-order valence-corrected chi connectivity index (χ3v) is 5.14. The van der Waals surface area contributed by atoms with Crippen molar-refractivity contribution in [2.24, 2.45) is 4.99 Å². The van der Waals surface area contributed by atoms with Crippen LogP contribution in [0.3, 0.4) is 0 Å². The Morgan fingerprint density at radius 1 is 1.16 bits per heavy atom. The summed E-state index contributed by atoms with van der Waals surface area (Å²) in [6.07, 6.45) is 4.57. The monoisotopic (exact) mass is 547 g/mol. The Hall–Kier alpha value is -2.95. The second-order valence-electron chi connectivity index (χ2n) is 7.47. The number of aryl methyl sites for hydroxylation is 2. The standard InChI is InChI=1S/C23H26FN7.HI/c1-15-10-16(2)31(30-15)22-7-4-17(12-28-22)13-29-23(25-3)26-9-8-18-14-27-21-11-19(24)5-6-20(18)21;/h4-7,10-12,14,27H,8-9,13H2,1-3H3,(H2,25,26,29);1H. The van der Waals surface area contributed by atoms with Gasteiger partial charge in [-0.1, -0.05) is 6.07 Å². The number of aromatic amines is 1. The van der Waals surface area contributed by atoms with Gasteiger partial charge in [0, 0.05) is 49.1 Å². The maximum atomic E-state index is 13.3. The molecule has 0 atom stereocenters. The predicted octanol–water partition coefficient (Wildman–Crippen LogP) is 4.03. The van der Waals surface area contributed by atoms with Gasteiger partial charge >= 0.3 is 0 Å². The quantitative estimate of drug-likeness (QED) is 0.194. The van der Waals surface area contributed by atoms with Crippen LogP contribution in [0.15, 0.2) is 53.8 Å². The highest BCUT2D eigenvalue weighted by Crippen LogP contribution is 2.19. The molecule has 4 aromatic rings. The Balaban J connectivity index is 0.00000289. The normalized spacial score (nSPS) is 11.4. The maximum Gasteiger partial charge on any atom is 0.191 e. The van der Waals surface area contributed by atoms with Crippen LogP contribution < -0.4 is 10.6 Å². The Morgan fingerprint density at radius 2 is 2.00 bits per heavy atom. The third-order valence-electron chi connectivity index (χ3n) is 5.14. The zero-order chi connectivity index (χ0) is 21.8. The minimum atomic E-state index is -0.235. The molecule has 0 aliphatic rings. The summed E-state index contributed by atoms with van der Waals surface area (Å²) >= 11 is 0. The average Bonchev–Trinajstić information content (AvgIpc) is 3.32. The van der Waals surface area contributed by atoms with Crippen molar-refractivity contribution in [3.05, 3.63) is 77.1 Å². The molecule has 4 rings (SSSR count). The fraction of sp³-hybridized carbons (Fsp3) is 0.261. The van der Waals surface area contributed by atoms with Gasteiger partial charge in [0.15, 0.2) is 11.8 Å². The van der Waals surface area contributed by atoms with Crippen LogP contribution in [0, 0.1) is 19.7 Å².